The third-order valence-corrected chi connectivity index (χ3v) is 5.80. The van der Waals surface area contributed by atoms with E-state index in [0.717, 1.165) is 3.57 Å². The van der Waals surface area contributed by atoms with Crippen LogP contribution in [0.25, 0.3) is 0 Å². The zero-order chi connectivity index (χ0) is 20.1. The lowest BCUT2D eigenvalue weighted by Gasteiger charge is -2.08. The number of anilines is 1. The molecule has 9 heteroatoms. The Balaban J connectivity index is 1.74. The van der Waals surface area contributed by atoms with Crippen LogP contribution in [0.5, 0.6) is 0 Å². The highest BCUT2D eigenvalue weighted by atomic mass is 127. The number of hydrogen-bond acceptors (Lipinski definition) is 5. The zero-order valence-corrected chi connectivity index (χ0v) is 17.3. The summed E-state index contributed by atoms with van der Waals surface area (Å²) in [6.45, 7) is 0. The van der Waals surface area contributed by atoms with E-state index in [1.54, 1.807) is 36.4 Å². The number of sulfonamides is 1. The largest absolute Gasteiger partial charge is 0.280 e. The molecule has 3 aromatic rings. The summed E-state index contributed by atoms with van der Waals surface area (Å²) in [4.78, 5) is 14.7. The summed E-state index contributed by atoms with van der Waals surface area (Å²) >= 11 is 2.14. The van der Waals surface area contributed by atoms with E-state index in [2.05, 4.69) is 32.3 Å². The third kappa shape index (κ3) is 5.14. The number of nitrogens with one attached hydrogen (secondary N) is 1. The maximum absolute atomic E-state index is 12.5. The van der Waals surface area contributed by atoms with Crippen LogP contribution >= 0.6 is 22.6 Å². The number of aliphatic imine (C=N–C) groups is 1. The number of rotatable bonds is 6. The van der Waals surface area contributed by atoms with Crippen molar-refractivity contribution in [2.45, 2.75) is 4.90 Å². The van der Waals surface area contributed by atoms with Crippen LogP contribution in [0.3, 0.4) is 0 Å². The lowest BCUT2D eigenvalue weighted by Crippen LogP contribution is -2.12. The molecule has 0 spiro atoms. The van der Waals surface area contributed by atoms with Crippen molar-refractivity contribution in [2.75, 3.05) is 4.72 Å². The number of benzene rings is 3. The van der Waals surface area contributed by atoms with Crippen LogP contribution in [0, 0.1) is 13.7 Å². The summed E-state index contributed by atoms with van der Waals surface area (Å²) in [5.74, 6) is 0. The Morgan fingerprint density at radius 2 is 1.68 bits per heavy atom. The van der Waals surface area contributed by atoms with Gasteiger partial charge in [0.25, 0.3) is 15.7 Å². The summed E-state index contributed by atoms with van der Waals surface area (Å²) in [5.41, 5.74) is 1.56. The lowest BCUT2D eigenvalue weighted by molar-refractivity contribution is -0.384. The number of non-ortho nitro benzene ring substituents is 1. The predicted octanol–water partition coefficient (Wildman–Crippen LogP) is 4.75. The third-order valence-electron chi connectivity index (χ3n) is 3.69. The molecule has 0 aliphatic heterocycles. The van der Waals surface area contributed by atoms with Crippen molar-refractivity contribution in [3.05, 3.63) is 92.0 Å². The highest BCUT2D eigenvalue weighted by Gasteiger charge is 2.13. The molecule has 0 bridgehead atoms. The maximum atomic E-state index is 12.5. The molecule has 0 atom stereocenters. The Hall–Kier alpha value is -2.79. The molecule has 7 nitrogen and oxygen atoms in total. The second kappa shape index (κ2) is 8.48. The van der Waals surface area contributed by atoms with Gasteiger partial charge in [-0.1, -0.05) is 12.1 Å². The molecule has 3 aromatic carbocycles. The van der Waals surface area contributed by atoms with Gasteiger partial charge in [-0.3, -0.25) is 19.8 Å². The molecule has 0 fully saturated rings. The first kappa shape index (κ1) is 20.0. The average Bonchev–Trinajstić information content (AvgIpc) is 2.68. The van der Waals surface area contributed by atoms with Gasteiger partial charge in [0.15, 0.2) is 0 Å². The molecule has 0 amide bonds. The Morgan fingerprint density at radius 3 is 2.32 bits per heavy atom. The van der Waals surface area contributed by atoms with E-state index < -0.39 is 14.9 Å². The van der Waals surface area contributed by atoms with E-state index in [-0.39, 0.29) is 10.6 Å². The van der Waals surface area contributed by atoms with E-state index in [1.807, 2.05) is 12.1 Å². The number of halogens is 1. The Labute approximate surface area is 175 Å². The minimum atomic E-state index is -3.70. The Kier molecular flexibility index (Phi) is 6.05. The number of nitro groups is 1. The Bertz CT molecular complexity index is 1130. The molecule has 0 aliphatic carbocycles. The van der Waals surface area contributed by atoms with Gasteiger partial charge in [-0.05, 0) is 76.7 Å². The first-order chi connectivity index (χ1) is 13.3. The normalized spacial score (nSPS) is 11.5. The second-order valence-electron chi connectivity index (χ2n) is 5.72. The minimum Gasteiger partial charge on any atom is -0.280 e. The monoisotopic (exact) mass is 507 g/mol. The first-order valence-electron chi connectivity index (χ1n) is 8.00. The maximum Gasteiger partial charge on any atom is 0.270 e. The fourth-order valence-electron chi connectivity index (χ4n) is 2.31. The predicted molar refractivity (Wildman–Crippen MR) is 117 cm³/mol. The molecule has 0 aromatic heterocycles. The van der Waals surface area contributed by atoms with Crippen LogP contribution in [0.2, 0.25) is 0 Å². The smallest absolute Gasteiger partial charge is 0.270 e. The number of nitrogens with zero attached hydrogens (tertiary/aromatic N) is 2. The van der Waals surface area contributed by atoms with Gasteiger partial charge in [0.1, 0.15) is 0 Å². The standard InChI is InChI=1S/C19H14IN3O4S/c20-15-4-6-17(7-5-15)22-28(26,27)19-10-8-16(9-11-19)21-13-14-2-1-3-18(12-14)23(24)25/h1-13,22H. The van der Waals surface area contributed by atoms with Gasteiger partial charge >= 0.3 is 0 Å². The minimum absolute atomic E-state index is 0.0212. The van der Waals surface area contributed by atoms with Crippen molar-refractivity contribution in [1.82, 2.24) is 0 Å². The molecule has 0 saturated carbocycles. The van der Waals surface area contributed by atoms with Crippen LogP contribution in [0.1, 0.15) is 5.56 Å². The van der Waals surface area contributed by atoms with Crippen molar-refractivity contribution in [3.8, 4) is 0 Å². The molecular formula is C19H14IN3O4S. The van der Waals surface area contributed by atoms with Crippen LogP contribution in [0.15, 0.2) is 82.7 Å². The fraction of sp³-hybridized carbons (Fsp3) is 0. The van der Waals surface area contributed by atoms with Gasteiger partial charge in [0.2, 0.25) is 0 Å². The number of nitro benzene ring substituents is 1. The van der Waals surface area contributed by atoms with Gasteiger partial charge in [0.05, 0.1) is 15.5 Å². The summed E-state index contributed by atoms with van der Waals surface area (Å²) in [7, 11) is -3.70. The second-order valence-corrected chi connectivity index (χ2v) is 8.64. The van der Waals surface area contributed by atoms with Crippen LogP contribution in [-0.2, 0) is 10.0 Å². The summed E-state index contributed by atoms with van der Waals surface area (Å²) in [5, 5.41) is 10.8. The molecule has 0 radical (unpaired) electrons. The fourth-order valence-corrected chi connectivity index (χ4v) is 3.73. The first-order valence-corrected chi connectivity index (χ1v) is 10.6. The van der Waals surface area contributed by atoms with Gasteiger partial charge in [-0.25, -0.2) is 8.42 Å². The van der Waals surface area contributed by atoms with E-state index >= 15 is 0 Å². The SMILES string of the molecule is O=[N+]([O-])c1cccc(C=Nc2ccc(S(=O)(=O)Nc3ccc(I)cc3)cc2)c1. The average molecular weight is 507 g/mol. The van der Waals surface area contributed by atoms with Gasteiger partial charge < -0.3 is 0 Å². The van der Waals surface area contributed by atoms with E-state index in [0.29, 0.717) is 16.9 Å². The topological polar surface area (TPSA) is 102 Å². The highest BCUT2D eigenvalue weighted by Crippen LogP contribution is 2.20. The Morgan fingerprint density at radius 1 is 1.00 bits per heavy atom. The van der Waals surface area contributed by atoms with Crippen LogP contribution in [-0.4, -0.2) is 19.6 Å². The van der Waals surface area contributed by atoms with Crippen LogP contribution < -0.4 is 4.72 Å². The quantitative estimate of drug-likeness (QED) is 0.225. The number of hydrogen-bond donors (Lipinski definition) is 1. The van der Waals surface area contributed by atoms with Gasteiger partial charge in [0, 0.05) is 27.6 Å². The lowest BCUT2D eigenvalue weighted by atomic mass is 10.2. The summed E-state index contributed by atoms with van der Waals surface area (Å²) in [6.07, 6.45) is 1.49. The van der Waals surface area contributed by atoms with Crippen molar-refractivity contribution in [2.24, 2.45) is 4.99 Å². The zero-order valence-electron chi connectivity index (χ0n) is 14.3. The van der Waals surface area contributed by atoms with Crippen molar-refractivity contribution in [3.63, 3.8) is 0 Å². The summed E-state index contributed by atoms with van der Waals surface area (Å²) in [6, 6.07) is 19.1. The molecule has 0 aliphatic rings. The van der Waals surface area contributed by atoms with Crippen molar-refractivity contribution >= 4 is 55.9 Å². The van der Waals surface area contributed by atoms with Crippen molar-refractivity contribution < 1.29 is 13.3 Å². The molecular weight excluding hydrogens is 493 g/mol. The van der Waals surface area contributed by atoms with E-state index in [1.165, 1.54) is 30.5 Å². The molecule has 142 valence electrons. The highest BCUT2D eigenvalue weighted by molar-refractivity contribution is 14.1. The molecule has 0 saturated heterocycles. The molecule has 0 heterocycles. The molecule has 0 unspecified atom stereocenters. The van der Waals surface area contributed by atoms with Gasteiger partial charge in [-0.15, -0.1) is 0 Å². The van der Waals surface area contributed by atoms with Crippen LogP contribution in [0.4, 0.5) is 17.1 Å². The summed E-state index contributed by atoms with van der Waals surface area (Å²) < 4.78 is 28.5. The van der Waals surface area contributed by atoms with E-state index in [4.69, 9.17) is 0 Å². The molecule has 3 rings (SSSR count). The molecule has 1 N–H and O–H groups in total. The molecule has 28 heavy (non-hydrogen) atoms. The van der Waals surface area contributed by atoms with E-state index in [9.17, 15) is 18.5 Å². The van der Waals surface area contributed by atoms with Gasteiger partial charge in [-0.2, -0.15) is 0 Å². The van der Waals surface area contributed by atoms with Crippen molar-refractivity contribution in [1.29, 1.82) is 0 Å².